The van der Waals surface area contributed by atoms with Crippen molar-refractivity contribution in [3.8, 4) is 5.75 Å². The summed E-state index contributed by atoms with van der Waals surface area (Å²) in [6, 6.07) is 13.6. The predicted octanol–water partition coefficient (Wildman–Crippen LogP) is 4.52. The number of ether oxygens (including phenoxy) is 1. The van der Waals surface area contributed by atoms with Crippen LogP contribution in [0.5, 0.6) is 5.75 Å². The fourth-order valence-electron chi connectivity index (χ4n) is 3.87. The van der Waals surface area contributed by atoms with Crippen molar-refractivity contribution in [1.29, 1.82) is 0 Å². The molecular formula is C21H23FN2O. The van der Waals surface area contributed by atoms with E-state index in [1.54, 1.807) is 19.2 Å². The van der Waals surface area contributed by atoms with Gasteiger partial charge in [0.15, 0.2) is 0 Å². The fraction of sp³-hybridized carbons (Fsp3) is 0.333. The highest BCUT2D eigenvalue weighted by atomic mass is 19.1. The summed E-state index contributed by atoms with van der Waals surface area (Å²) in [5, 5.41) is 1.24. The Hall–Kier alpha value is -2.33. The zero-order valence-corrected chi connectivity index (χ0v) is 14.5. The van der Waals surface area contributed by atoms with E-state index in [-0.39, 0.29) is 5.82 Å². The number of rotatable bonds is 5. The number of nitrogens with zero attached hydrogens (tertiary/aromatic N) is 1. The smallest absolute Gasteiger partial charge is 0.123 e. The van der Waals surface area contributed by atoms with Gasteiger partial charge in [0.05, 0.1) is 7.11 Å². The summed E-state index contributed by atoms with van der Waals surface area (Å²) >= 11 is 0. The zero-order chi connectivity index (χ0) is 17.2. The Kier molecular flexibility index (Phi) is 4.45. The van der Waals surface area contributed by atoms with Gasteiger partial charge in [-0.3, -0.25) is 4.90 Å². The lowest BCUT2D eigenvalue weighted by Crippen LogP contribution is -2.30. The summed E-state index contributed by atoms with van der Waals surface area (Å²) in [5.74, 6) is 0.720. The Morgan fingerprint density at radius 3 is 2.84 bits per heavy atom. The summed E-state index contributed by atoms with van der Waals surface area (Å²) in [6.45, 7) is 1.99. The van der Waals surface area contributed by atoms with Crippen molar-refractivity contribution in [2.75, 3.05) is 13.7 Å². The number of aromatic amines is 1. The molecule has 25 heavy (non-hydrogen) atoms. The van der Waals surface area contributed by atoms with Gasteiger partial charge in [-0.05, 0) is 67.3 Å². The third kappa shape index (κ3) is 3.40. The molecule has 130 valence electrons. The molecule has 1 aromatic heterocycles. The molecule has 0 amide bonds. The molecule has 2 aromatic carbocycles. The summed E-state index contributed by atoms with van der Waals surface area (Å²) in [5.41, 5.74) is 3.66. The van der Waals surface area contributed by atoms with Crippen LogP contribution in [0.1, 0.15) is 24.0 Å². The van der Waals surface area contributed by atoms with Crippen LogP contribution in [-0.4, -0.2) is 29.6 Å². The van der Waals surface area contributed by atoms with Crippen molar-refractivity contribution in [2.45, 2.75) is 31.8 Å². The second-order valence-corrected chi connectivity index (χ2v) is 6.82. The molecule has 0 saturated carbocycles. The highest BCUT2D eigenvalue weighted by Crippen LogP contribution is 2.28. The van der Waals surface area contributed by atoms with Gasteiger partial charge in [0.1, 0.15) is 11.6 Å². The molecule has 4 rings (SSSR count). The summed E-state index contributed by atoms with van der Waals surface area (Å²) in [6.07, 6.45) is 5.57. The lowest BCUT2D eigenvalue weighted by atomic mass is 10.0. The minimum atomic E-state index is -0.172. The molecule has 1 aliphatic heterocycles. The van der Waals surface area contributed by atoms with E-state index in [1.165, 1.54) is 29.4 Å². The quantitative estimate of drug-likeness (QED) is 0.741. The van der Waals surface area contributed by atoms with Gasteiger partial charge in [-0.25, -0.2) is 4.39 Å². The number of aromatic nitrogens is 1. The monoisotopic (exact) mass is 338 g/mol. The van der Waals surface area contributed by atoms with Crippen molar-refractivity contribution in [2.24, 2.45) is 0 Å². The lowest BCUT2D eigenvalue weighted by Gasteiger charge is -2.24. The van der Waals surface area contributed by atoms with Gasteiger partial charge in [0.25, 0.3) is 0 Å². The first-order chi connectivity index (χ1) is 12.2. The topological polar surface area (TPSA) is 28.3 Å². The van der Waals surface area contributed by atoms with Crippen LogP contribution in [0.3, 0.4) is 0 Å². The molecule has 1 atom stereocenters. The molecule has 0 spiro atoms. The van der Waals surface area contributed by atoms with Gasteiger partial charge in [0.2, 0.25) is 0 Å². The Morgan fingerprint density at radius 2 is 2.04 bits per heavy atom. The predicted molar refractivity (Wildman–Crippen MR) is 98.4 cm³/mol. The van der Waals surface area contributed by atoms with E-state index in [9.17, 15) is 4.39 Å². The molecule has 1 fully saturated rings. The first kappa shape index (κ1) is 16.2. The summed E-state index contributed by atoms with van der Waals surface area (Å²) in [7, 11) is 1.70. The average Bonchev–Trinajstić information content (AvgIpc) is 3.24. The second kappa shape index (κ2) is 6.89. The minimum absolute atomic E-state index is 0.172. The molecule has 3 aromatic rings. The third-order valence-corrected chi connectivity index (χ3v) is 5.23. The maximum Gasteiger partial charge on any atom is 0.123 e. The molecule has 1 aliphatic rings. The van der Waals surface area contributed by atoms with E-state index in [0.29, 0.717) is 6.04 Å². The van der Waals surface area contributed by atoms with E-state index in [1.807, 2.05) is 18.2 Å². The second-order valence-electron chi connectivity index (χ2n) is 6.82. The van der Waals surface area contributed by atoms with Crippen molar-refractivity contribution >= 4 is 10.9 Å². The first-order valence-corrected chi connectivity index (χ1v) is 8.85. The number of methoxy groups -OCH3 is 1. The Balaban J connectivity index is 1.52. The van der Waals surface area contributed by atoms with Crippen molar-refractivity contribution < 1.29 is 9.13 Å². The highest BCUT2D eigenvalue weighted by molar-refractivity contribution is 5.84. The molecule has 0 aliphatic carbocycles. The van der Waals surface area contributed by atoms with E-state index in [4.69, 9.17) is 4.74 Å². The van der Waals surface area contributed by atoms with E-state index in [0.717, 1.165) is 30.8 Å². The Labute approximate surface area is 147 Å². The van der Waals surface area contributed by atoms with Crippen molar-refractivity contribution in [3.63, 3.8) is 0 Å². The Bertz CT molecular complexity index is 856. The van der Waals surface area contributed by atoms with Crippen LogP contribution in [0.15, 0.2) is 48.7 Å². The van der Waals surface area contributed by atoms with Gasteiger partial charge >= 0.3 is 0 Å². The molecule has 0 radical (unpaired) electrons. The molecule has 0 unspecified atom stereocenters. The molecular weight excluding hydrogens is 315 g/mol. The number of H-pyrrole nitrogens is 1. The minimum Gasteiger partial charge on any atom is -0.497 e. The van der Waals surface area contributed by atoms with Gasteiger partial charge in [-0.1, -0.05) is 12.1 Å². The maximum absolute atomic E-state index is 13.1. The molecule has 3 nitrogen and oxygen atoms in total. The van der Waals surface area contributed by atoms with Crippen molar-refractivity contribution in [3.05, 3.63) is 65.6 Å². The van der Waals surface area contributed by atoms with Gasteiger partial charge in [-0.2, -0.15) is 0 Å². The van der Waals surface area contributed by atoms with Crippen LogP contribution in [0.4, 0.5) is 4.39 Å². The zero-order valence-electron chi connectivity index (χ0n) is 14.5. The Morgan fingerprint density at radius 1 is 1.20 bits per heavy atom. The number of halogens is 1. The molecule has 2 heterocycles. The number of benzene rings is 2. The van der Waals surface area contributed by atoms with E-state index in [2.05, 4.69) is 28.2 Å². The van der Waals surface area contributed by atoms with Gasteiger partial charge < -0.3 is 9.72 Å². The first-order valence-electron chi connectivity index (χ1n) is 8.85. The number of likely N-dealkylation sites (tertiary alicyclic amines) is 1. The van der Waals surface area contributed by atoms with Crippen LogP contribution in [-0.2, 0) is 13.0 Å². The highest BCUT2D eigenvalue weighted by Gasteiger charge is 2.25. The molecule has 4 heteroatoms. The molecule has 0 bridgehead atoms. The third-order valence-electron chi connectivity index (χ3n) is 5.23. The van der Waals surface area contributed by atoms with Crippen LogP contribution in [0.25, 0.3) is 10.9 Å². The van der Waals surface area contributed by atoms with E-state index >= 15 is 0 Å². The summed E-state index contributed by atoms with van der Waals surface area (Å²) < 4.78 is 18.5. The molecule has 1 N–H and O–H groups in total. The normalized spacial score (nSPS) is 18.1. The van der Waals surface area contributed by atoms with Crippen molar-refractivity contribution in [1.82, 2.24) is 9.88 Å². The van der Waals surface area contributed by atoms with E-state index < -0.39 is 0 Å². The largest absolute Gasteiger partial charge is 0.497 e. The standard InChI is InChI=1S/C21H23FN2O/c1-25-19-8-9-21-20(12-19)16(13-23-21)11-18-3-2-10-24(18)14-15-4-6-17(22)7-5-15/h4-9,12-13,18,23H,2-3,10-11,14H2,1H3/t18-/m1/s1. The molecule has 1 saturated heterocycles. The maximum atomic E-state index is 13.1. The number of hydrogen-bond donors (Lipinski definition) is 1. The average molecular weight is 338 g/mol. The van der Waals surface area contributed by atoms with Crippen LogP contribution >= 0.6 is 0 Å². The van der Waals surface area contributed by atoms with Crippen LogP contribution in [0, 0.1) is 5.82 Å². The van der Waals surface area contributed by atoms with Crippen LogP contribution in [0.2, 0.25) is 0 Å². The van der Waals surface area contributed by atoms with Crippen LogP contribution < -0.4 is 4.74 Å². The summed E-state index contributed by atoms with van der Waals surface area (Å²) in [4.78, 5) is 5.89. The fourth-order valence-corrected chi connectivity index (χ4v) is 3.87. The number of nitrogens with one attached hydrogen (secondary N) is 1. The number of hydrogen-bond acceptors (Lipinski definition) is 2. The van der Waals surface area contributed by atoms with Gasteiger partial charge in [-0.15, -0.1) is 0 Å². The van der Waals surface area contributed by atoms with Gasteiger partial charge in [0, 0.05) is 29.7 Å². The SMILES string of the molecule is COc1ccc2[nH]cc(C[C@H]3CCCN3Cc3ccc(F)cc3)c2c1. The lowest BCUT2D eigenvalue weighted by molar-refractivity contribution is 0.244. The number of fused-ring (bicyclic) bond motifs is 1.